The maximum atomic E-state index is 5.25. The summed E-state index contributed by atoms with van der Waals surface area (Å²) < 4.78 is 5.25. The molecule has 0 aliphatic carbocycles. The maximum Gasteiger partial charge on any atom is 0.122 e. The molecule has 2 aromatic carbocycles. The molecular formula is C16H24O. The lowest BCUT2D eigenvalue weighted by Gasteiger charge is -2.07. The van der Waals surface area contributed by atoms with Crippen LogP contribution in [0.3, 0.4) is 0 Å². The van der Waals surface area contributed by atoms with Crippen molar-refractivity contribution >= 4 is 10.8 Å². The van der Waals surface area contributed by atoms with E-state index in [-0.39, 0.29) is 0 Å². The van der Waals surface area contributed by atoms with Gasteiger partial charge in [-0.2, -0.15) is 0 Å². The number of rotatable bonds is 1. The summed E-state index contributed by atoms with van der Waals surface area (Å²) in [7, 11) is 1.71. The van der Waals surface area contributed by atoms with Gasteiger partial charge in [0.25, 0.3) is 0 Å². The van der Waals surface area contributed by atoms with Crippen molar-refractivity contribution in [1.29, 1.82) is 0 Å². The van der Waals surface area contributed by atoms with Crippen LogP contribution in [-0.4, -0.2) is 7.11 Å². The molecule has 0 unspecified atom stereocenters. The first-order valence-electron chi connectivity index (χ1n) is 6.35. The Morgan fingerprint density at radius 1 is 0.824 bits per heavy atom. The van der Waals surface area contributed by atoms with Crippen LogP contribution in [0.2, 0.25) is 0 Å². The van der Waals surface area contributed by atoms with E-state index in [1.54, 1.807) is 7.11 Å². The molecular weight excluding hydrogens is 208 g/mol. The number of benzene rings is 2. The molecule has 0 aromatic heterocycles. The highest BCUT2D eigenvalue weighted by Gasteiger charge is 2.01. The Hall–Kier alpha value is -1.50. The van der Waals surface area contributed by atoms with Crippen LogP contribution < -0.4 is 4.74 Å². The minimum atomic E-state index is 0.957. The van der Waals surface area contributed by atoms with Crippen molar-refractivity contribution < 1.29 is 4.74 Å². The Labute approximate surface area is 105 Å². The van der Waals surface area contributed by atoms with Gasteiger partial charge in [-0.1, -0.05) is 58.0 Å². The van der Waals surface area contributed by atoms with Crippen molar-refractivity contribution in [3.63, 3.8) is 0 Å². The van der Waals surface area contributed by atoms with E-state index in [1.807, 2.05) is 39.8 Å². The van der Waals surface area contributed by atoms with Crippen LogP contribution in [0.4, 0.5) is 0 Å². The van der Waals surface area contributed by atoms with Gasteiger partial charge in [0.2, 0.25) is 0 Å². The lowest BCUT2D eigenvalue weighted by molar-refractivity contribution is 0.412. The van der Waals surface area contributed by atoms with Gasteiger partial charge in [0.15, 0.2) is 0 Å². The van der Waals surface area contributed by atoms with Crippen LogP contribution in [0.15, 0.2) is 36.4 Å². The van der Waals surface area contributed by atoms with Gasteiger partial charge in [-0.3, -0.25) is 0 Å². The summed E-state index contributed by atoms with van der Waals surface area (Å²) in [6.45, 7) is 10.1. The molecule has 2 aromatic rings. The molecule has 1 nitrogen and oxygen atoms in total. The standard InChI is InChI=1S/C12H12O.2C2H6/c1-9-11-6-4-3-5-10(11)7-8-12(9)13-2;2*1-2/h3-8H,1-2H3;2*1-2H3. The van der Waals surface area contributed by atoms with Gasteiger partial charge in [0.1, 0.15) is 5.75 Å². The van der Waals surface area contributed by atoms with Crippen LogP contribution in [0.25, 0.3) is 10.8 Å². The second-order valence-corrected chi connectivity index (χ2v) is 3.11. The zero-order valence-electron chi connectivity index (χ0n) is 11.9. The number of fused-ring (bicyclic) bond motifs is 1. The molecule has 1 heteroatoms. The number of methoxy groups -OCH3 is 1. The Balaban J connectivity index is 0.000000581. The average Bonchev–Trinajstić information content (AvgIpc) is 2.44. The normalized spacial score (nSPS) is 8.59. The predicted octanol–water partition coefficient (Wildman–Crippen LogP) is 5.21. The Kier molecular flexibility index (Phi) is 7.87. The van der Waals surface area contributed by atoms with Gasteiger partial charge in [-0.15, -0.1) is 0 Å². The van der Waals surface area contributed by atoms with Gasteiger partial charge in [-0.25, -0.2) is 0 Å². The van der Waals surface area contributed by atoms with Gasteiger partial charge in [0.05, 0.1) is 7.11 Å². The van der Waals surface area contributed by atoms with E-state index in [4.69, 9.17) is 4.74 Å². The number of ether oxygens (including phenoxy) is 1. The molecule has 0 aliphatic heterocycles. The molecule has 0 radical (unpaired) electrons. The monoisotopic (exact) mass is 232 g/mol. The minimum absolute atomic E-state index is 0.957. The van der Waals surface area contributed by atoms with Crippen molar-refractivity contribution in [1.82, 2.24) is 0 Å². The number of hydrogen-bond acceptors (Lipinski definition) is 1. The zero-order valence-corrected chi connectivity index (χ0v) is 11.9. The molecule has 2 rings (SSSR count). The Morgan fingerprint density at radius 2 is 1.41 bits per heavy atom. The van der Waals surface area contributed by atoms with Crippen molar-refractivity contribution in [2.24, 2.45) is 0 Å². The summed E-state index contributed by atoms with van der Waals surface area (Å²) in [4.78, 5) is 0. The third-order valence-electron chi connectivity index (χ3n) is 2.37. The first kappa shape index (κ1) is 15.5. The molecule has 0 amide bonds. The fourth-order valence-electron chi connectivity index (χ4n) is 1.63. The molecule has 0 saturated carbocycles. The molecule has 17 heavy (non-hydrogen) atoms. The highest BCUT2D eigenvalue weighted by molar-refractivity contribution is 5.87. The molecule has 0 atom stereocenters. The lowest BCUT2D eigenvalue weighted by atomic mass is 10.1. The molecule has 94 valence electrons. The molecule has 0 fully saturated rings. The average molecular weight is 232 g/mol. The summed E-state index contributed by atoms with van der Waals surface area (Å²) in [5.41, 5.74) is 1.21. The van der Waals surface area contributed by atoms with Crippen molar-refractivity contribution in [2.75, 3.05) is 7.11 Å². The molecule has 0 saturated heterocycles. The van der Waals surface area contributed by atoms with Crippen LogP contribution >= 0.6 is 0 Å². The summed E-state index contributed by atoms with van der Waals surface area (Å²) >= 11 is 0. The van der Waals surface area contributed by atoms with Gasteiger partial charge in [-0.05, 0) is 29.3 Å². The Bertz CT molecular complexity index is 432. The van der Waals surface area contributed by atoms with Crippen molar-refractivity contribution in [2.45, 2.75) is 34.6 Å². The number of aryl methyl sites for hydroxylation is 1. The second kappa shape index (κ2) is 8.63. The highest BCUT2D eigenvalue weighted by atomic mass is 16.5. The molecule has 0 bridgehead atoms. The first-order chi connectivity index (χ1) is 8.33. The van der Waals surface area contributed by atoms with E-state index in [1.165, 1.54) is 16.3 Å². The minimum Gasteiger partial charge on any atom is -0.496 e. The van der Waals surface area contributed by atoms with Crippen LogP contribution in [-0.2, 0) is 0 Å². The third kappa shape index (κ3) is 3.77. The first-order valence-corrected chi connectivity index (χ1v) is 6.35. The lowest BCUT2D eigenvalue weighted by Crippen LogP contribution is -1.87. The van der Waals surface area contributed by atoms with Gasteiger partial charge in [0, 0.05) is 0 Å². The van der Waals surface area contributed by atoms with Gasteiger partial charge >= 0.3 is 0 Å². The summed E-state index contributed by atoms with van der Waals surface area (Å²) in [6.07, 6.45) is 0. The van der Waals surface area contributed by atoms with Gasteiger partial charge < -0.3 is 4.74 Å². The fraction of sp³-hybridized carbons (Fsp3) is 0.375. The van der Waals surface area contributed by atoms with E-state index in [9.17, 15) is 0 Å². The van der Waals surface area contributed by atoms with E-state index < -0.39 is 0 Å². The smallest absolute Gasteiger partial charge is 0.122 e. The van der Waals surface area contributed by atoms with Crippen molar-refractivity contribution in [3.05, 3.63) is 42.0 Å². The van der Waals surface area contributed by atoms with E-state index >= 15 is 0 Å². The second-order valence-electron chi connectivity index (χ2n) is 3.11. The summed E-state index contributed by atoms with van der Waals surface area (Å²) in [6, 6.07) is 12.4. The largest absolute Gasteiger partial charge is 0.496 e. The molecule has 0 heterocycles. The predicted molar refractivity (Wildman–Crippen MR) is 77.9 cm³/mol. The molecule has 0 aliphatic rings. The van der Waals surface area contributed by atoms with E-state index in [0.717, 1.165) is 5.75 Å². The van der Waals surface area contributed by atoms with Crippen LogP contribution in [0, 0.1) is 6.92 Å². The summed E-state index contributed by atoms with van der Waals surface area (Å²) in [5, 5.41) is 2.53. The summed E-state index contributed by atoms with van der Waals surface area (Å²) in [5.74, 6) is 0.957. The maximum absolute atomic E-state index is 5.25. The van der Waals surface area contributed by atoms with Crippen LogP contribution in [0.5, 0.6) is 5.75 Å². The number of hydrogen-bond donors (Lipinski definition) is 0. The van der Waals surface area contributed by atoms with E-state index in [0.29, 0.717) is 0 Å². The quantitative estimate of drug-likeness (QED) is 0.656. The highest BCUT2D eigenvalue weighted by Crippen LogP contribution is 2.26. The zero-order chi connectivity index (χ0) is 13.3. The topological polar surface area (TPSA) is 9.23 Å². The van der Waals surface area contributed by atoms with Crippen LogP contribution in [0.1, 0.15) is 33.3 Å². The fourth-order valence-corrected chi connectivity index (χ4v) is 1.63. The Morgan fingerprint density at radius 3 is 2.00 bits per heavy atom. The van der Waals surface area contributed by atoms with E-state index in [2.05, 4.69) is 31.2 Å². The molecule has 0 spiro atoms. The SMILES string of the molecule is CC.CC.COc1ccc2ccccc2c1C. The molecule has 0 N–H and O–H groups in total. The van der Waals surface area contributed by atoms with Crippen molar-refractivity contribution in [3.8, 4) is 5.75 Å². The third-order valence-corrected chi connectivity index (χ3v) is 2.37.